The number of hydrogen-bond acceptors (Lipinski definition) is 4. The Labute approximate surface area is 99.7 Å². The van der Waals surface area contributed by atoms with Gasteiger partial charge >= 0.3 is 0 Å². The Balaban J connectivity index is 2.78. The normalized spacial score (nSPS) is 14.1. The summed E-state index contributed by atoms with van der Waals surface area (Å²) in [7, 11) is 0. The molecular formula is C12H17NO4. The van der Waals surface area contributed by atoms with E-state index in [9.17, 15) is 20.1 Å². The summed E-state index contributed by atoms with van der Waals surface area (Å²) < 4.78 is 0. The van der Waals surface area contributed by atoms with Gasteiger partial charge in [-0.05, 0) is 25.5 Å². The maximum absolute atomic E-state index is 11.7. The number of aromatic hydroxyl groups is 2. The van der Waals surface area contributed by atoms with Crippen LogP contribution in [0.5, 0.6) is 11.5 Å². The lowest BCUT2D eigenvalue weighted by Gasteiger charge is -2.21. The van der Waals surface area contributed by atoms with Crippen LogP contribution in [-0.2, 0) is 0 Å². The fourth-order valence-corrected chi connectivity index (χ4v) is 1.25. The molecule has 0 spiro atoms. The van der Waals surface area contributed by atoms with E-state index in [1.54, 1.807) is 13.8 Å². The van der Waals surface area contributed by atoms with E-state index in [2.05, 4.69) is 5.32 Å². The van der Waals surface area contributed by atoms with Gasteiger partial charge in [0, 0.05) is 6.54 Å². The number of rotatable bonds is 4. The Morgan fingerprint density at radius 1 is 1.35 bits per heavy atom. The van der Waals surface area contributed by atoms with Gasteiger partial charge in [-0.25, -0.2) is 0 Å². The van der Waals surface area contributed by atoms with Crippen molar-refractivity contribution in [1.29, 1.82) is 0 Å². The van der Waals surface area contributed by atoms with Crippen molar-refractivity contribution < 1.29 is 20.1 Å². The van der Waals surface area contributed by atoms with Gasteiger partial charge in [-0.1, -0.05) is 13.0 Å². The molecule has 0 fully saturated rings. The van der Waals surface area contributed by atoms with E-state index >= 15 is 0 Å². The highest BCUT2D eigenvalue weighted by atomic mass is 16.3. The van der Waals surface area contributed by atoms with Gasteiger partial charge in [-0.15, -0.1) is 0 Å². The summed E-state index contributed by atoms with van der Waals surface area (Å²) in [5, 5.41) is 31.1. The molecule has 1 atom stereocenters. The summed E-state index contributed by atoms with van der Waals surface area (Å²) in [6, 6.07) is 4.06. The lowest BCUT2D eigenvalue weighted by atomic mass is 10.0. The molecule has 0 aliphatic rings. The summed E-state index contributed by atoms with van der Waals surface area (Å²) in [6.07, 6.45) is 0.486. The van der Waals surface area contributed by atoms with E-state index in [4.69, 9.17) is 0 Å². The molecule has 94 valence electrons. The maximum Gasteiger partial charge on any atom is 0.258 e. The quantitative estimate of drug-likeness (QED) is 0.630. The van der Waals surface area contributed by atoms with Crippen LogP contribution in [0.4, 0.5) is 0 Å². The zero-order valence-corrected chi connectivity index (χ0v) is 9.90. The summed E-state index contributed by atoms with van der Waals surface area (Å²) in [4.78, 5) is 11.7. The summed E-state index contributed by atoms with van der Waals surface area (Å²) in [6.45, 7) is 3.44. The molecule has 0 saturated heterocycles. The molecule has 4 N–H and O–H groups in total. The van der Waals surface area contributed by atoms with Gasteiger partial charge in [0.15, 0.2) is 0 Å². The Morgan fingerprint density at radius 3 is 2.35 bits per heavy atom. The molecule has 0 aliphatic carbocycles. The van der Waals surface area contributed by atoms with E-state index in [1.165, 1.54) is 18.2 Å². The van der Waals surface area contributed by atoms with Crippen LogP contribution in [0.3, 0.4) is 0 Å². The monoisotopic (exact) mass is 239 g/mol. The predicted molar refractivity (Wildman–Crippen MR) is 63.0 cm³/mol. The highest BCUT2D eigenvalue weighted by molar-refractivity contribution is 5.99. The van der Waals surface area contributed by atoms with Crippen molar-refractivity contribution in [3.05, 3.63) is 23.8 Å². The van der Waals surface area contributed by atoms with Crippen LogP contribution in [0.15, 0.2) is 18.2 Å². The van der Waals surface area contributed by atoms with E-state index in [-0.39, 0.29) is 23.6 Å². The lowest BCUT2D eigenvalue weighted by Crippen LogP contribution is -2.40. The van der Waals surface area contributed by atoms with E-state index in [0.717, 1.165) is 0 Å². The number of amides is 1. The molecule has 17 heavy (non-hydrogen) atoms. The van der Waals surface area contributed by atoms with E-state index in [1.807, 2.05) is 0 Å². The third-order valence-electron chi connectivity index (χ3n) is 2.64. The minimum Gasteiger partial charge on any atom is -0.507 e. The number of hydrogen-bond donors (Lipinski definition) is 4. The number of aliphatic hydroxyl groups is 1. The van der Waals surface area contributed by atoms with Crippen LogP contribution >= 0.6 is 0 Å². The topological polar surface area (TPSA) is 89.8 Å². The second-order valence-electron chi connectivity index (χ2n) is 4.20. The standard InChI is InChI=1S/C12H17NO4/c1-3-12(2,17)7-13-11(16)10-8(14)5-4-6-9(10)15/h4-6,14-15,17H,3,7H2,1-2H3,(H,13,16). The fourth-order valence-electron chi connectivity index (χ4n) is 1.25. The molecule has 1 unspecified atom stereocenters. The van der Waals surface area contributed by atoms with Crippen LogP contribution in [0.25, 0.3) is 0 Å². The summed E-state index contributed by atoms with van der Waals surface area (Å²) in [5.41, 5.74) is -1.19. The third kappa shape index (κ3) is 3.35. The van der Waals surface area contributed by atoms with Crippen molar-refractivity contribution in [2.75, 3.05) is 6.54 Å². The Hall–Kier alpha value is -1.75. The molecule has 0 saturated carbocycles. The predicted octanol–water partition coefficient (Wildman–Crippen LogP) is 0.989. The van der Waals surface area contributed by atoms with Crippen LogP contribution < -0.4 is 5.32 Å². The van der Waals surface area contributed by atoms with Gasteiger partial charge in [0.2, 0.25) is 0 Å². The van der Waals surface area contributed by atoms with Crippen molar-refractivity contribution in [2.24, 2.45) is 0 Å². The van der Waals surface area contributed by atoms with Gasteiger partial charge in [0.25, 0.3) is 5.91 Å². The molecule has 0 aliphatic heterocycles. The Morgan fingerprint density at radius 2 is 1.88 bits per heavy atom. The minimum absolute atomic E-state index is 0.0517. The molecule has 5 nitrogen and oxygen atoms in total. The van der Waals surface area contributed by atoms with Gasteiger partial charge in [-0.3, -0.25) is 4.79 Å². The van der Waals surface area contributed by atoms with Crippen LogP contribution in [-0.4, -0.2) is 33.4 Å². The molecule has 0 bridgehead atoms. The van der Waals surface area contributed by atoms with Crippen molar-refractivity contribution in [1.82, 2.24) is 5.32 Å². The average Bonchev–Trinajstić information content (AvgIpc) is 2.26. The molecule has 1 aromatic rings. The van der Waals surface area contributed by atoms with Crippen molar-refractivity contribution >= 4 is 5.91 Å². The first kappa shape index (κ1) is 13.3. The molecule has 1 aromatic carbocycles. The Kier molecular flexibility index (Phi) is 3.96. The first-order valence-electron chi connectivity index (χ1n) is 5.39. The SMILES string of the molecule is CCC(C)(O)CNC(=O)c1c(O)cccc1O. The molecule has 0 radical (unpaired) electrons. The number of phenols is 2. The van der Waals surface area contributed by atoms with E-state index < -0.39 is 11.5 Å². The number of phenolic OH excluding ortho intramolecular Hbond substituents is 2. The van der Waals surface area contributed by atoms with Gasteiger partial charge in [-0.2, -0.15) is 0 Å². The molecule has 5 heteroatoms. The summed E-state index contributed by atoms with van der Waals surface area (Å²) in [5.74, 6) is -1.20. The second kappa shape index (κ2) is 5.05. The summed E-state index contributed by atoms with van der Waals surface area (Å²) >= 11 is 0. The van der Waals surface area contributed by atoms with Crippen LogP contribution in [0.2, 0.25) is 0 Å². The highest BCUT2D eigenvalue weighted by Crippen LogP contribution is 2.25. The third-order valence-corrected chi connectivity index (χ3v) is 2.64. The van der Waals surface area contributed by atoms with Gasteiger partial charge < -0.3 is 20.6 Å². The first-order chi connectivity index (χ1) is 7.87. The van der Waals surface area contributed by atoms with Crippen molar-refractivity contribution in [3.8, 4) is 11.5 Å². The zero-order valence-electron chi connectivity index (χ0n) is 9.90. The largest absolute Gasteiger partial charge is 0.507 e. The second-order valence-corrected chi connectivity index (χ2v) is 4.20. The smallest absolute Gasteiger partial charge is 0.258 e. The van der Waals surface area contributed by atoms with Crippen LogP contribution in [0.1, 0.15) is 30.6 Å². The van der Waals surface area contributed by atoms with Crippen molar-refractivity contribution in [3.63, 3.8) is 0 Å². The number of nitrogens with one attached hydrogen (secondary N) is 1. The molecule has 1 rings (SSSR count). The van der Waals surface area contributed by atoms with Crippen molar-refractivity contribution in [2.45, 2.75) is 25.9 Å². The molecule has 1 amide bonds. The highest BCUT2D eigenvalue weighted by Gasteiger charge is 2.21. The average molecular weight is 239 g/mol. The van der Waals surface area contributed by atoms with E-state index in [0.29, 0.717) is 6.42 Å². The molecular weight excluding hydrogens is 222 g/mol. The lowest BCUT2D eigenvalue weighted by molar-refractivity contribution is 0.0516. The minimum atomic E-state index is -1.00. The number of benzene rings is 1. The first-order valence-corrected chi connectivity index (χ1v) is 5.39. The fraction of sp³-hybridized carbons (Fsp3) is 0.417. The van der Waals surface area contributed by atoms with Gasteiger partial charge in [0.05, 0.1) is 5.60 Å². The maximum atomic E-state index is 11.7. The van der Waals surface area contributed by atoms with Crippen LogP contribution in [0, 0.1) is 0 Å². The number of carbonyl (C=O) groups excluding carboxylic acids is 1. The molecule has 0 aromatic heterocycles. The zero-order chi connectivity index (χ0) is 13.1. The van der Waals surface area contributed by atoms with Gasteiger partial charge in [0.1, 0.15) is 17.1 Å². The molecule has 0 heterocycles. The number of carbonyl (C=O) groups is 1. The Bertz CT molecular complexity index is 395.